The van der Waals surface area contributed by atoms with Crippen molar-refractivity contribution in [2.45, 2.75) is 19.4 Å². The van der Waals surface area contributed by atoms with E-state index in [0.717, 1.165) is 13.1 Å². The Hall–Kier alpha value is -1.96. The summed E-state index contributed by atoms with van der Waals surface area (Å²) in [5, 5.41) is 9.31. The molecule has 0 unspecified atom stereocenters. The summed E-state index contributed by atoms with van der Waals surface area (Å²) in [6.45, 7) is 2.02. The van der Waals surface area contributed by atoms with Gasteiger partial charge in [0.05, 0.1) is 0 Å². The lowest BCUT2D eigenvalue weighted by Gasteiger charge is -2.31. The van der Waals surface area contributed by atoms with E-state index in [1.165, 1.54) is 29.7 Å². The molecule has 0 aromatic heterocycles. The molecule has 0 saturated heterocycles. The van der Waals surface area contributed by atoms with Crippen molar-refractivity contribution in [3.63, 3.8) is 0 Å². The van der Waals surface area contributed by atoms with Crippen molar-refractivity contribution < 1.29 is 5.11 Å². The fourth-order valence-electron chi connectivity index (χ4n) is 2.60. The molecule has 2 aromatic rings. The van der Waals surface area contributed by atoms with E-state index in [1.54, 1.807) is 12.1 Å². The lowest BCUT2D eigenvalue weighted by molar-refractivity contribution is 0.475. The number of nitrogens with zero attached hydrogens (tertiary/aromatic N) is 1. The highest BCUT2D eigenvalue weighted by molar-refractivity contribution is 5.55. The minimum Gasteiger partial charge on any atom is -0.508 e. The van der Waals surface area contributed by atoms with Gasteiger partial charge in [-0.15, -0.1) is 0 Å². The Bertz CT molecular complexity index is 533. The van der Waals surface area contributed by atoms with Crippen LogP contribution in [0.5, 0.6) is 5.75 Å². The highest BCUT2D eigenvalue weighted by atomic mass is 16.3. The molecule has 0 atom stereocenters. The molecule has 1 aliphatic heterocycles. The molecule has 0 saturated carbocycles. The Kier molecular flexibility index (Phi) is 2.93. The summed E-state index contributed by atoms with van der Waals surface area (Å²) < 4.78 is 0. The van der Waals surface area contributed by atoms with Gasteiger partial charge < -0.3 is 10.0 Å². The summed E-state index contributed by atoms with van der Waals surface area (Å²) >= 11 is 0. The number of benzene rings is 2. The van der Waals surface area contributed by atoms with Crippen molar-refractivity contribution in [1.29, 1.82) is 0 Å². The first-order chi connectivity index (χ1) is 8.83. The van der Waals surface area contributed by atoms with Crippen LogP contribution in [-0.2, 0) is 13.0 Å². The van der Waals surface area contributed by atoms with Gasteiger partial charge in [0.1, 0.15) is 5.75 Å². The Morgan fingerprint density at radius 3 is 2.61 bits per heavy atom. The van der Waals surface area contributed by atoms with Crippen LogP contribution >= 0.6 is 0 Å². The molecule has 1 N–H and O–H groups in total. The van der Waals surface area contributed by atoms with E-state index in [-0.39, 0.29) is 0 Å². The largest absolute Gasteiger partial charge is 0.508 e. The zero-order valence-corrected chi connectivity index (χ0v) is 10.3. The standard InChI is InChI=1S/C16H17NO/c18-15-9-7-13(8-10-15)12-17-11-3-5-14-4-1-2-6-16(14)17/h1-2,4,6-10,18H,3,5,11-12H2. The molecule has 0 aliphatic carbocycles. The van der Waals surface area contributed by atoms with Gasteiger partial charge in [0.2, 0.25) is 0 Å². The Morgan fingerprint density at radius 2 is 1.78 bits per heavy atom. The molecule has 92 valence electrons. The molecular weight excluding hydrogens is 222 g/mol. The second-order valence-electron chi connectivity index (χ2n) is 4.82. The van der Waals surface area contributed by atoms with Crippen LogP contribution in [0.25, 0.3) is 0 Å². The molecule has 0 bridgehead atoms. The van der Waals surface area contributed by atoms with Crippen molar-refractivity contribution >= 4 is 5.69 Å². The first-order valence-corrected chi connectivity index (χ1v) is 6.44. The fourth-order valence-corrected chi connectivity index (χ4v) is 2.60. The number of phenols is 1. The summed E-state index contributed by atoms with van der Waals surface area (Å²) in [6, 6.07) is 16.1. The molecule has 18 heavy (non-hydrogen) atoms. The van der Waals surface area contributed by atoms with Crippen LogP contribution in [0, 0.1) is 0 Å². The van der Waals surface area contributed by atoms with Crippen molar-refractivity contribution in [1.82, 2.24) is 0 Å². The number of aryl methyl sites for hydroxylation is 1. The number of para-hydroxylation sites is 1. The maximum absolute atomic E-state index is 9.31. The second kappa shape index (κ2) is 4.73. The third-order valence-electron chi connectivity index (χ3n) is 3.52. The van der Waals surface area contributed by atoms with Crippen molar-refractivity contribution in [3.8, 4) is 5.75 Å². The quantitative estimate of drug-likeness (QED) is 0.868. The predicted octanol–water partition coefficient (Wildman–Crippen LogP) is 3.35. The fraction of sp³-hybridized carbons (Fsp3) is 0.250. The van der Waals surface area contributed by atoms with E-state index < -0.39 is 0 Å². The normalized spacial score (nSPS) is 14.3. The number of phenolic OH excluding ortho intramolecular Hbond substituents is 1. The Morgan fingerprint density at radius 1 is 1.00 bits per heavy atom. The van der Waals surface area contributed by atoms with E-state index in [4.69, 9.17) is 0 Å². The van der Waals surface area contributed by atoms with E-state index in [0.29, 0.717) is 5.75 Å². The molecule has 0 fully saturated rings. The minimum atomic E-state index is 0.331. The number of fused-ring (bicyclic) bond motifs is 1. The van der Waals surface area contributed by atoms with Crippen LogP contribution in [0.4, 0.5) is 5.69 Å². The highest BCUT2D eigenvalue weighted by Gasteiger charge is 2.15. The summed E-state index contributed by atoms with van der Waals surface area (Å²) in [7, 11) is 0. The van der Waals surface area contributed by atoms with Crippen LogP contribution in [0.1, 0.15) is 17.5 Å². The molecule has 0 radical (unpaired) electrons. The first-order valence-electron chi connectivity index (χ1n) is 6.44. The summed E-state index contributed by atoms with van der Waals surface area (Å²) in [5.41, 5.74) is 4.05. The predicted molar refractivity (Wildman–Crippen MR) is 73.9 cm³/mol. The Labute approximate surface area is 107 Å². The van der Waals surface area contributed by atoms with Gasteiger partial charge in [-0.2, -0.15) is 0 Å². The van der Waals surface area contributed by atoms with Gasteiger partial charge in [0.25, 0.3) is 0 Å². The van der Waals surface area contributed by atoms with Gasteiger partial charge >= 0.3 is 0 Å². The van der Waals surface area contributed by atoms with E-state index in [2.05, 4.69) is 29.2 Å². The van der Waals surface area contributed by atoms with Crippen molar-refractivity contribution in [2.75, 3.05) is 11.4 Å². The Balaban J connectivity index is 1.84. The summed E-state index contributed by atoms with van der Waals surface area (Å²) in [6.07, 6.45) is 2.40. The van der Waals surface area contributed by atoms with Gasteiger partial charge in [-0.3, -0.25) is 0 Å². The van der Waals surface area contributed by atoms with Crippen LogP contribution in [0.3, 0.4) is 0 Å². The molecule has 1 heterocycles. The summed E-state index contributed by atoms with van der Waals surface area (Å²) in [5.74, 6) is 0.331. The zero-order valence-electron chi connectivity index (χ0n) is 10.3. The minimum absolute atomic E-state index is 0.331. The third-order valence-corrected chi connectivity index (χ3v) is 3.52. The second-order valence-corrected chi connectivity index (χ2v) is 4.82. The molecular formula is C16H17NO. The van der Waals surface area contributed by atoms with Gasteiger partial charge in [0.15, 0.2) is 0 Å². The first kappa shape index (κ1) is 11.1. The van der Waals surface area contributed by atoms with Crippen molar-refractivity contribution in [3.05, 3.63) is 59.7 Å². The van der Waals surface area contributed by atoms with E-state index in [1.807, 2.05) is 12.1 Å². The summed E-state index contributed by atoms with van der Waals surface area (Å²) in [4.78, 5) is 2.42. The maximum atomic E-state index is 9.31. The lowest BCUT2D eigenvalue weighted by Crippen LogP contribution is -2.28. The van der Waals surface area contributed by atoms with Gasteiger partial charge in [-0.25, -0.2) is 0 Å². The monoisotopic (exact) mass is 239 g/mol. The number of aromatic hydroxyl groups is 1. The number of hydrogen-bond donors (Lipinski definition) is 1. The SMILES string of the molecule is Oc1ccc(CN2CCCc3ccccc32)cc1. The molecule has 1 aliphatic rings. The van der Waals surface area contributed by atoms with Crippen molar-refractivity contribution in [2.24, 2.45) is 0 Å². The number of rotatable bonds is 2. The maximum Gasteiger partial charge on any atom is 0.115 e. The van der Waals surface area contributed by atoms with Crippen LogP contribution in [-0.4, -0.2) is 11.7 Å². The smallest absolute Gasteiger partial charge is 0.115 e. The van der Waals surface area contributed by atoms with E-state index >= 15 is 0 Å². The average molecular weight is 239 g/mol. The topological polar surface area (TPSA) is 23.5 Å². The van der Waals surface area contributed by atoms with Crippen LogP contribution in [0.15, 0.2) is 48.5 Å². The third kappa shape index (κ3) is 2.19. The van der Waals surface area contributed by atoms with E-state index in [9.17, 15) is 5.11 Å². The molecule has 2 heteroatoms. The highest BCUT2D eigenvalue weighted by Crippen LogP contribution is 2.28. The lowest BCUT2D eigenvalue weighted by atomic mass is 10.0. The molecule has 2 aromatic carbocycles. The van der Waals surface area contributed by atoms with Gasteiger partial charge in [-0.1, -0.05) is 30.3 Å². The molecule has 0 spiro atoms. The average Bonchev–Trinajstić information content (AvgIpc) is 2.42. The number of hydrogen-bond acceptors (Lipinski definition) is 2. The van der Waals surface area contributed by atoms with Gasteiger partial charge in [-0.05, 0) is 42.2 Å². The van der Waals surface area contributed by atoms with Crippen LogP contribution < -0.4 is 4.90 Å². The van der Waals surface area contributed by atoms with Crippen LogP contribution in [0.2, 0.25) is 0 Å². The van der Waals surface area contributed by atoms with Gasteiger partial charge in [0, 0.05) is 18.8 Å². The molecule has 0 amide bonds. The number of anilines is 1. The zero-order chi connectivity index (χ0) is 12.4. The molecule has 2 nitrogen and oxygen atoms in total. The molecule has 3 rings (SSSR count).